The standard InChI is InChI=1S/C23H25F3N4O3S/c1-2-30-20-10-9-18(34(32,33)23(24,25)26)15-19(20)28-21(30)16-5-7-17(8-6-16)22(31)27-11-14-29-12-3-4-13-29/h5-10,15H,2-4,11-14H2,1H3,(H,27,31). The van der Waals surface area contributed by atoms with Crippen molar-refractivity contribution in [2.24, 2.45) is 0 Å². The quantitative estimate of drug-likeness (QED) is 0.540. The van der Waals surface area contributed by atoms with Crippen molar-refractivity contribution in [1.82, 2.24) is 19.8 Å². The number of hydrogen-bond acceptors (Lipinski definition) is 5. The van der Waals surface area contributed by atoms with E-state index in [2.05, 4.69) is 15.2 Å². The summed E-state index contributed by atoms with van der Waals surface area (Å²) in [6.45, 7) is 5.83. The molecule has 1 aliphatic heterocycles. The van der Waals surface area contributed by atoms with Gasteiger partial charge < -0.3 is 14.8 Å². The molecule has 2 heterocycles. The maximum Gasteiger partial charge on any atom is 0.501 e. The number of benzene rings is 2. The molecule has 3 aromatic rings. The lowest BCUT2D eigenvalue weighted by molar-refractivity contribution is -0.0436. The first-order chi connectivity index (χ1) is 16.1. The lowest BCUT2D eigenvalue weighted by atomic mass is 10.1. The summed E-state index contributed by atoms with van der Waals surface area (Å²) >= 11 is 0. The van der Waals surface area contributed by atoms with Crippen LogP contribution in [0.5, 0.6) is 0 Å². The number of hydrogen-bond donors (Lipinski definition) is 1. The molecule has 0 unspecified atom stereocenters. The van der Waals surface area contributed by atoms with E-state index >= 15 is 0 Å². The third kappa shape index (κ3) is 4.67. The van der Waals surface area contributed by atoms with E-state index in [-0.39, 0.29) is 11.4 Å². The van der Waals surface area contributed by atoms with Crippen molar-refractivity contribution >= 4 is 26.8 Å². The average Bonchev–Trinajstić information content (AvgIpc) is 3.45. The van der Waals surface area contributed by atoms with Gasteiger partial charge in [0.15, 0.2) is 0 Å². The lowest BCUT2D eigenvalue weighted by Crippen LogP contribution is -2.33. The Kier molecular flexibility index (Phi) is 6.68. The lowest BCUT2D eigenvalue weighted by Gasteiger charge is -2.14. The minimum absolute atomic E-state index is 0.144. The summed E-state index contributed by atoms with van der Waals surface area (Å²) in [5.74, 6) is 0.289. The number of halogens is 3. The minimum atomic E-state index is -5.47. The molecule has 0 aliphatic carbocycles. The number of rotatable bonds is 7. The van der Waals surface area contributed by atoms with Gasteiger partial charge in [-0.05, 0) is 63.2 Å². The van der Waals surface area contributed by atoms with Crippen molar-refractivity contribution in [3.63, 3.8) is 0 Å². The maximum atomic E-state index is 12.9. The Balaban J connectivity index is 1.56. The first kappa shape index (κ1) is 24.2. The molecule has 0 saturated carbocycles. The van der Waals surface area contributed by atoms with Crippen LogP contribution in [0.15, 0.2) is 47.4 Å². The van der Waals surface area contributed by atoms with Gasteiger partial charge in [0.25, 0.3) is 15.7 Å². The van der Waals surface area contributed by atoms with Gasteiger partial charge >= 0.3 is 5.51 Å². The van der Waals surface area contributed by atoms with Gasteiger partial charge in [0, 0.05) is 30.8 Å². The minimum Gasteiger partial charge on any atom is -0.351 e. The first-order valence-electron chi connectivity index (χ1n) is 11.0. The molecule has 1 amide bonds. The normalized spacial score (nSPS) is 15.2. The average molecular weight is 495 g/mol. The van der Waals surface area contributed by atoms with Gasteiger partial charge in [-0.2, -0.15) is 13.2 Å². The molecule has 34 heavy (non-hydrogen) atoms. The summed E-state index contributed by atoms with van der Waals surface area (Å²) in [6, 6.07) is 9.98. The van der Waals surface area contributed by atoms with E-state index in [1.54, 1.807) is 28.8 Å². The molecule has 0 bridgehead atoms. The van der Waals surface area contributed by atoms with Crippen molar-refractivity contribution in [3.05, 3.63) is 48.0 Å². The molecule has 2 aromatic carbocycles. The van der Waals surface area contributed by atoms with Crippen molar-refractivity contribution in [2.45, 2.75) is 36.7 Å². The molecular weight excluding hydrogens is 469 g/mol. The molecule has 0 radical (unpaired) electrons. The van der Waals surface area contributed by atoms with Gasteiger partial charge in [-0.15, -0.1) is 0 Å². The van der Waals surface area contributed by atoms with Gasteiger partial charge in [-0.25, -0.2) is 13.4 Å². The molecule has 1 fully saturated rings. The SMILES string of the molecule is CCn1c(-c2ccc(C(=O)NCCN3CCCC3)cc2)nc2cc(S(=O)(=O)C(F)(F)F)ccc21. The number of carbonyl (C=O) groups is 1. The second-order valence-electron chi connectivity index (χ2n) is 8.16. The number of aryl methyl sites for hydroxylation is 1. The van der Waals surface area contributed by atoms with Gasteiger partial charge in [0.2, 0.25) is 0 Å². The highest BCUT2D eigenvalue weighted by molar-refractivity contribution is 7.92. The van der Waals surface area contributed by atoms with Crippen LogP contribution in [-0.4, -0.2) is 60.5 Å². The van der Waals surface area contributed by atoms with Crippen LogP contribution in [0.1, 0.15) is 30.1 Å². The number of likely N-dealkylation sites (tertiary alicyclic amines) is 1. The van der Waals surface area contributed by atoms with Crippen LogP contribution in [0.25, 0.3) is 22.4 Å². The van der Waals surface area contributed by atoms with E-state index in [0.717, 1.165) is 31.8 Å². The fraction of sp³-hybridized carbons (Fsp3) is 0.391. The third-order valence-corrected chi connectivity index (χ3v) is 7.45. The van der Waals surface area contributed by atoms with Crippen molar-refractivity contribution < 1.29 is 26.4 Å². The summed E-state index contributed by atoms with van der Waals surface area (Å²) in [7, 11) is -5.47. The van der Waals surface area contributed by atoms with Gasteiger partial charge in [0.05, 0.1) is 15.9 Å². The molecule has 182 valence electrons. The summed E-state index contributed by atoms with van der Waals surface area (Å²) in [5, 5.41) is 2.91. The molecule has 0 spiro atoms. The highest BCUT2D eigenvalue weighted by Crippen LogP contribution is 2.33. The fourth-order valence-corrected chi connectivity index (χ4v) is 4.94. The van der Waals surface area contributed by atoms with Crippen molar-refractivity contribution in [1.29, 1.82) is 0 Å². The zero-order valence-electron chi connectivity index (χ0n) is 18.6. The van der Waals surface area contributed by atoms with E-state index in [1.165, 1.54) is 18.9 Å². The highest BCUT2D eigenvalue weighted by atomic mass is 32.2. The van der Waals surface area contributed by atoms with Gasteiger partial charge in [-0.1, -0.05) is 12.1 Å². The van der Waals surface area contributed by atoms with Crippen LogP contribution >= 0.6 is 0 Å². The van der Waals surface area contributed by atoms with E-state index in [1.807, 2.05) is 6.92 Å². The number of nitrogens with zero attached hydrogens (tertiary/aromatic N) is 3. The summed E-state index contributed by atoms with van der Waals surface area (Å²) in [4.78, 5) is 18.3. The molecule has 1 N–H and O–H groups in total. The molecule has 7 nitrogen and oxygen atoms in total. The van der Waals surface area contributed by atoms with E-state index < -0.39 is 20.2 Å². The number of amides is 1. The van der Waals surface area contributed by atoms with Crippen molar-refractivity contribution in [2.75, 3.05) is 26.2 Å². The van der Waals surface area contributed by atoms with Crippen molar-refractivity contribution in [3.8, 4) is 11.4 Å². The van der Waals surface area contributed by atoms with Crippen LogP contribution in [0.2, 0.25) is 0 Å². The maximum absolute atomic E-state index is 12.9. The summed E-state index contributed by atoms with van der Waals surface area (Å²) < 4.78 is 64.2. The van der Waals surface area contributed by atoms with E-state index in [0.29, 0.717) is 35.6 Å². The number of sulfone groups is 1. The van der Waals surface area contributed by atoms with Crippen LogP contribution in [0.4, 0.5) is 13.2 Å². The Morgan fingerprint density at radius 2 is 1.76 bits per heavy atom. The number of nitrogens with one attached hydrogen (secondary N) is 1. The van der Waals surface area contributed by atoms with Gasteiger partial charge in [0.1, 0.15) is 5.82 Å². The van der Waals surface area contributed by atoms with Crippen LogP contribution in [0, 0.1) is 0 Å². The molecule has 11 heteroatoms. The molecule has 4 rings (SSSR count). The van der Waals surface area contributed by atoms with E-state index in [4.69, 9.17) is 0 Å². The molecule has 1 saturated heterocycles. The number of imidazole rings is 1. The highest BCUT2D eigenvalue weighted by Gasteiger charge is 2.47. The first-order valence-corrected chi connectivity index (χ1v) is 12.5. The van der Waals surface area contributed by atoms with E-state index in [9.17, 15) is 26.4 Å². The Bertz CT molecular complexity index is 1300. The third-order valence-electron chi connectivity index (χ3n) is 5.97. The Morgan fingerprint density at radius 1 is 1.09 bits per heavy atom. The molecule has 1 aliphatic rings. The monoisotopic (exact) mass is 494 g/mol. The smallest absolute Gasteiger partial charge is 0.351 e. The molecule has 1 aromatic heterocycles. The Morgan fingerprint density at radius 3 is 2.38 bits per heavy atom. The Labute approximate surface area is 195 Å². The topological polar surface area (TPSA) is 84.3 Å². The fourth-order valence-electron chi connectivity index (χ4n) is 4.16. The largest absolute Gasteiger partial charge is 0.501 e. The zero-order valence-corrected chi connectivity index (χ0v) is 19.4. The second kappa shape index (κ2) is 9.38. The van der Waals surface area contributed by atoms with Crippen LogP contribution in [-0.2, 0) is 16.4 Å². The van der Waals surface area contributed by atoms with Crippen LogP contribution in [0.3, 0.4) is 0 Å². The Hall–Kier alpha value is -2.92. The second-order valence-corrected chi connectivity index (χ2v) is 10.1. The molecular formula is C23H25F3N4O3S. The predicted octanol–water partition coefficient (Wildman–Crippen LogP) is 3.84. The number of aromatic nitrogens is 2. The predicted molar refractivity (Wildman–Crippen MR) is 122 cm³/mol. The summed E-state index contributed by atoms with van der Waals surface area (Å²) in [6.07, 6.45) is 2.38. The zero-order chi connectivity index (χ0) is 24.5. The number of fused-ring (bicyclic) bond motifs is 1. The molecule has 0 atom stereocenters. The number of alkyl halides is 3. The van der Waals surface area contributed by atoms with Crippen LogP contribution < -0.4 is 5.32 Å². The summed E-state index contributed by atoms with van der Waals surface area (Å²) in [5.41, 5.74) is -3.58. The van der Waals surface area contributed by atoms with Gasteiger partial charge in [-0.3, -0.25) is 4.79 Å². The number of carbonyl (C=O) groups excluding carboxylic acids is 1.